The highest BCUT2D eigenvalue weighted by Crippen LogP contribution is 2.24. The van der Waals surface area contributed by atoms with Gasteiger partial charge in [-0.3, -0.25) is 4.79 Å². The summed E-state index contributed by atoms with van der Waals surface area (Å²) in [4.78, 5) is 14.4. The summed E-state index contributed by atoms with van der Waals surface area (Å²) in [6.07, 6.45) is 3.58. The Morgan fingerprint density at radius 1 is 1.45 bits per heavy atom. The molecule has 4 heteroatoms. The summed E-state index contributed by atoms with van der Waals surface area (Å²) in [6.45, 7) is 5.21. The van der Waals surface area contributed by atoms with Crippen LogP contribution in [0.1, 0.15) is 45.1 Å². The minimum atomic E-state index is -0.350. The Morgan fingerprint density at radius 3 is 2.95 bits per heavy atom. The van der Waals surface area contributed by atoms with Gasteiger partial charge in [0.2, 0.25) is 5.91 Å². The van der Waals surface area contributed by atoms with Gasteiger partial charge in [0.1, 0.15) is 5.75 Å². The molecule has 0 aliphatic carbocycles. The zero-order valence-electron chi connectivity index (χ0n) is 13.6. The van der Waals surface area contributed by atoms with Crippen molar-refractivity contribution < 1.29 is 14.6 Å². The number of benzene rings is 1. The number of hydrogen-bond acceptors (Lipinski definition) is 3. The lowest BCUT2D eigenvalue weighted by Gasteiger charge is -2.26. The molecule has 1 aromatic rings. The number of likely N-dealkylation sites (tertiary alicyclic amines) is 1. The largest absolute Gasteiger partial charge is 0.494 e. The van der Waals surface area contributed by atoms with Crippen molar-refractivity contribution in [1.29, 1.82) is 0 Å². The van der Waals surface area contributed by atoms with Crippen LogP contribution in [-0.2, 0) is 11.2 Å². The highest BCUT2D eigenvalue weighted by Gasteiger charge is 2.29. The lowest BCUT2D eigenvalue weighted by atomic mass is 10.1. The van der Waals surface area contributed by atoms with Crippen LogP contribution in [0.3, 0.4) is 0 Å². The number of aryl methyl sites for hydroxylation is 1. The van der Waals surface area contributed by atoms with Crippen LogP contribution in [0.25, 0.3) is 0 Å². The Morgan fingerprint density at radius 2 is 2.23 bits per heavy atom. The molecule has 0 aromatic heterocycles. The van der Waals surface area contributed by atoms with E-state index in [2.05, 4.69) is 0 Å². The molecule has 1 aliphatic rings. The van der Waals surface area contributed by atoms with Gasteiger partial charge in [-0.05, 0) is 51.2 Å². The number of aliphatic hydroxyl groups excluding tert-OH is 1. The normalized spacial score (nSPS) is 19.2. The van der Waals surface area contributed by atoms with E-state index in [9.17, 15) is 9.90 Å². The van der Waals surface area contributed by atoms with Gasteiger partial charge in [0.05, 0.1) is 12.7 Å². The summed E-state index contributed by atoms with van der Waals surface area (Å²) in [7, 11) is 0. The molecule has 1 heterocycles. The molecule has 0 radical (unpaired) electrons. The van der Waals surface area contributed by atoms with Crippen LogP contribution in [0.2, 0.25) is 0 Å². The summed E-state index contributed by atoms with van der Waals surface area (Å²) in [5, 5.41) is 9.56. The van der Waals surface area contributed by atoms with Crippen LogP contribution >= 0.6 is 0 Å². The molecular weight excluding hydrogens is 278 g/mol. The van der Waals surface area contributed by atoms with Crippen molar-refractivity contribution in [3.63, 3.8) is 0 Å². The number of hydrogen-bond donors (Lipinski definition) is 1. The van der Waals surface area contributed by atoms with E-state index in [1.165, 1.54) is 0 Å². The molecule has 1 saturated heterocycles. The topological polar surface area (TPSA) is 49.8 Å². The van der Waals surface area contributed by atoms with E-state index in [4.69, 9.17) is 4.74 Å². The second-order valence-electron chi connectivity index (χ2n) is 6.01. The molecule has 1 amide bonds. The van der Waals surface area contributed by atoms with Crippen molar-refractivity contribution in [2.75, 3.05) is 13.2 Å². The number of aliphatic hydroxyl groups is 1. The van der Waals surface area contributed by atoms with Crippen molar-refractivity contribution in [2.45, 2.75) is 58.1 Å². The van der Waals surface area contributed by atoms with Crippen molar-refractivity contribution in [1.82, 2.24) is 4.90 Å². The van der Waals surface area contributed by atoms with Gasteiger partial charge in [-0.25, -0.2) is 0 Å². The van der Waals surface area contributed by atoms with Gasteiger partial charge in [0, 0.05) is 19.0 Å². The van der Waals surface area contributed by atoms with E-state index < -0.39 is 0 Å². The molecule has 1 aromatic carbocycles. The fourth-order valence-electron chi connectivity index (χ4n) is 3.19. The van der Waals surface area contributed by atoms with Crippen LogP contribution < -0.4 is 4.74 Å². The Balaban J connectivity index is 1.92. The van der Waals surface area contributed by atoms with Gasteiger partial charge in [-0.15, -0.1) is 0 Å². The van der Waals surface area contributed by atoms with Gasteiger partial charge < -0.3 is 14.7 Å². The fourth-order valence-corrected chi connectivity index (χ4v) is 3.19. The monoisotopic (exact) mass is 305 g/mol. The first-order valence-electron chi connectivity index (χ1n) is 8.30. The maximum absolute atomic E-state index is 12.5. The number of amides is 1. The Hall–Kier alpha value is -1.55. The first-order valence-corrected chi connectivity index (χ1v) is 8.30. The average molecular weight is 305 g/mol. The molecule has 22 heavy (non-hydrogen) atoms. The third kappa shape index (κ3) is 4.47. The van der Waals surface area contributed by atoms with Gasteiger partial charge in [-0.2, -0.15) is 0 Å². The Kier molecular flexibility index (Phi) is 6.25. The summed E-state index contributed by atoms with van der Waals surface area (Å²) < 4.78 is 5.61. The molecule has 4 nitrogen and oxygen atoms in total. The summed E-state index contributed by atoms with van der Waals surface area (Å²) in [5.41, 5.74) is 1.09. The number of rotatable bonds is 7. The van der Waals surface area contributed by atoms with Crippen molar-refractivity contribution in [3.8, 4) is 5.75 Å². The first-order chi connectivity index (χ1) is 10.6. The van der Waals surface area contributed by atoms with E-state index >= 15 is 0 Å². The van der Waals surface area contributed by atoms with Crippen LogP contribution in [0.4, 0.5) is 0 Å². The molecule has 2 unspecified atom stereocenters. The molecule has 2 rings (SSSR count). The first kappa shape index (κ1) is 16.8. The van der Waals surface area contributed by atoms with E-state index in [0.717, 1.165) is 30.7 Å². The number of para-hydroxylation sites is 1. The summed E-state index contributed by atoms with van der Waals surface area (Å²) in [5.74, 6) is 1.06. The third-order valence-electron chi connectivity index (χ3n) is 4.19. The molecule has 1 N–H and O–H groups in total. The Labute approximate surface area is 133 Å². The van der Waals surface area contributed by atoms with Gasteiger partial charge in [-0.1, -0.05) is 18.2 Å². The third-order valence-corrected chi connectivity index (χ3v) is 4.19. The quantitative estimate of drug-likeness (QED) is 0.842. The maximum atomic E-state index is 12.5. The fraction of sp³-hybridized carbons (Fsp3) is 0.611. The van der Waals surface area contributed by atoms with E-state index in [1.807, 2.05) is 36.1 Å². The zero-order chi connectivity index (χ0) is 15.9. The predicted molar refractivity (Wildman–Crippen MR) is 87.0 cm³/mol. The predicted octanol–water partition coefficient (Wildman–Crippen LogP) is 2.78. The van der Waals surface area contributed by atoms with Gasteiger partial charge in [0.15, 0.2) is 0 Å². The smallest absolute Gasteiger partial charge is 0.223 e. The molecule has 2 atom stereocenters. The molecule has 1 aliphatic heterocycles. The minimum absolute atomic E-state index is 0.189. The molecule has 1 fully saturated rings. The van der Waals surface area contributed by atoms with Crippen molar-refractivity contribution in [2.24, 2.45) is 0 Å². The minimum Gasteiger partial charge on any atom is -0.494 e. The highest BCUT2D eigenvalue weighted by molar-refractivity contribution is 5.77. The number of carbonyl (C=O) groups is 1. The van der Waals surface area contributed by atoms with E-state index in [-0.39, 0.29) is 18.1 Å². The molecule has 0 saturated carbocycles. The number of carbonyl (C=O) groups excluding carboxylic acids is 1. The SMILES string of the molecule is CCOc1ccccc1CCC(=O)N1CCCC1CC(C)O. The van der Waals surface area contributed by atoms with Crippen molar-refractivity contribution in [3.05, 3.63) is 29.8 Å². The second kappa shape index (κ2) is 8.18. The lowest BCUT2D eigenvalue weighted by Crippen LogP contribution is -2.37. The standard InChI is InChI=1S/C18H27NO3/c1-3-22-17-9-5-4-7-15(17)10-11-18(21)19-12-6-8-16(19)13-14(2)20/h4-5,7,9,14,16,20H,3,6,8,10-13H2,1-2H3. The molecular formula is C18H27NO3. The number of nitrogens with zero attached hydrogens (tertiary/aromatic N) is 1. The zero-order valence-corrected chi connectivity index (χ0v) is 13.6. The van der Waals surface area contributed by atoms with E-state index in [1.54, 1.807) is 6.92 Å². The second-order valence-corrected chi connectivity index (χ2v) is 6.01. The maximum Gasteiger partial charge on any atom is 0.223 e. The molecule has 122 valence electrons. The van der Waals surface area contributed by atoms with E-state index in [0.29, 0.717) is 25.9 Å². The lowest BCUT2D eigenvalue weighted by molar-refractivity contribution is -0.132. The molecule has 0 spiro atoms. The summed E-state index contributed by atoms with van der Waals surface area (Å²) in [6, 6.07) is 8.11. The van der Waals surface area contributed by atoms with Gasteiger partial charge >= 0.3 is 0 Å². The van der Waals surface area contributed by atoms with Crippen LogP contribution in [0.15, 0.2) is 24.3 Å². The molecule has 0 bridgehead atoms. The summed E-state index contributed by atoms with van der Waals surface area (Å²) >= 11 is 0. The van der Waals surface area contributed by atoms with Crippen LogP contribution in [-0.4, -0.2) is 41.2 Å². The van der Waals surface area contributed by atoms with Crippen molar-refractivity contribution >= 4 is 5.91 Å². The van der Waals surface area contributed by atoms with Crippen LogP contribution in [0.5, 0.6) is 5.75 Å². The average Bonchev–Trinajstić information content (AvgIpc) is 2.94. The Bertz CT molecular complexity index is 487. The highest BCUT2D eigenvalue weighted by atomic mass is 16.5. The number of ether oxygens (including phenoxy) is 1. The van der Waals surface area contributed by atoms with Gasteiger partial charge in [0.25, 0.3) is 0 Å². The van der Waals surface area contributed by atoms with Crippen LogP contribution in [0, 0.1) is 0 Å².